The molecule has 4 aromatic rings. The summed E-state index contributed by atoms with van der Waals surface area (Å²) in [7, 11) is 0. The molecule has 1 aliphatic heterocycles. The standard InChI is InChI=1S/C32H38FN5O2/c1-5-38(30-28(36-32(2,3)4)13-14-29(33)35-30)23-15-17-37(18-16-23)31(39)26-20-34-27-12-11-24(19-25(26)27)40-21-22-9-7-6-8-10-22/h6-14,19-20,23,34,36H,5,15-18,21H2,1-4H3. The van der Waals surface area contributed by atoms with Gasteiger partial charge in [-0.1, -0.05) is 30.3 Å². The predicted octanol–water partition coefficient (Wildman–Crippen LogP) is 6.62. The molecule has 1 fully saturated rings. The topological polar surface area (TPSA) is 73.5 Å². The molecule has 0 bridgehead atoms. The number of hydrogen-bond acceptors (Lipinski definition) is 5. The van der Waals surface area contributed by atoms with Crippen LogP contribution in [0, 0.1) is 5.95 Å². The van der Waals surface area contributed by atoms with E-state index in [0.717, 1.165) is 40.7 Å². The van der Waals surface area contributed by atoms with Gasteiger partial charge in [0.2, 0.25) is 5.95 Å². The third-order valence-corrected chi connectivity index (χ3v) is 7.29. The van der Waals surface area contributed by atoms with Gasteiger partial charge in [0.15, 0.2) is 5.82 Å². The lowest BCUT2D eigenvalue weighted by atomic mass is 10.0. The zero-order valence-electron chi connectivity index (χ0n) is 23.7. The van der Waals surface area contributed by atoms with Crippen LogP contribution in [0.4, 0.5) is 15.9 Å². The fraction of sp³-hybridized carbons (Fsp3) is 0.375. The Morgan fingerprint density at radius 1 is 1.12 bits per heavy atom. The number of hydrogen-bond donors (Lipinski definition) is 2. The number of aromatic amines is 1. The van der Waals surface area contributed by atoms with Crippen molar-refractivity contribution >= 4 is 28.3 Å². The number of pyridine rings is 1. The Balaban J connectivity index is 1.28. The van der Waals surface area contributed by atoms with E-state index in [4.69, 9.17) is 4.74 Å². The molecule has 1 saturated heterocycles. The van der Waals surface area contributed by atoms with Crippen LogP contribution >= 0.6 is 0 Å². The molecule has 0 spiro atoms. The first-order valence-electron chi connectivity index (χ1n) is 14.0. The van der Waals surface area contributed by atoms with Crippen molar-refractivity contribution in [1.29, 1.82) is 0 Å². The molecule has 2 aromatic carbocycles. The van der Waals surface area contributed by atoms with E-state index in [9.17, 15) is 9.18 Å². The predicted molar refractivity (Wildman–Crippen MR) is 159 cm³/mol. The smallest absolute Gasteiger partial charge is 0.256 e. The van der Waals surface area contributed by atoms with Crippen LogP contribution in [0.15, 0.2) is 66.9 Å². The Hall–Kier alpha value is -4.07. The van der Waals surface area contributed by atoms with E-state index < -0.39 is 5.95 Å². The van der Waals surface area contributed by atoms with Gasteiger partial charge in [-0.05, 0) is 76.4 Å². The SMILES string of the molecule is CCN(c1nc(F)ccc1NC(C)(C)C)C1CCN(C(=O)c2c[nH]c3ccc(OCc4ccccc4)cc23)CC1. The van der Waals surface area contributed by atoms with Crippen LogP contribution in [0.25, 0.3) is 10.9 Å². The number of aromatic nitrogens is 2. The molecule has 0 aliphatic carbocycles. The zero-order valence-corrected chi connectivity index (χ0v) is 23.7. The van der Waals surface area contributed by atoms with E-state index in [-0.39, 0.29) is 17.5 Å². The highest BCUT2D eigenvalue weighted by Crippen LogP contribution is 2.32. The number of amides is 1. The largest absolute Gasteiger partial charge is 0.489 e. The van der Waals surface area contributed by atoms with E-state index >= 15 is 0 Å². The number of piperidine rings is 1. The van der Waals surface area contributed by atoms with E-state index in [1.165, 1.54) is 6.07 Å². The molecule has 0 unspecified atom stereocenters. The first-order valence-corrected chi connectivity index (χ1v) is 14.0. The number of nitrogens with one attached hydrogen (secondary N) is 2. The van der Waals surface area contributed by atoms with Crippen LogP contribution < -0.4 is 15.0 Å². The van der Waals surface area contributed by atoms with E-state index in [1.54, 1.807) is 12.3 Å². The maximum Gasteiger partial charge on any atom is 0.256 e. The van der Waals surface area contributed by atoms with Crippen molar-refractivity contribution in [3.63, 3.8) is 0 Å². The summed E-state index contributed by atoms with van der Waals surface area (Å²) < 4.78 is 20.2. The third kappa shape index (κ3) is 6.22. The van der Waals surface area contributed by atoms with Gasteiger partial charge in [-0.15, -0.1) is 0 Å². The van der Waals surface area contributed by atoms with Crippen molar-refractivity contribution in [1.82, 2.24) is 14.9 Å². The second-order valence-electron chi connectivity index (χ2n) is 11.4. The zero-order chi connectivity index (χ0) is 28.3. The molecule has 3 heterocycles. The minimum Gasteiger partial charge on any atom is -0.489 e. The second kappa shape index (κ2) is 11.6. The number of halogens is 1. The van der Waals surface area contributed by atoms with Crippen LogP contribution in [0.3, 0.4) is 0 Å². The van der Waals surface area contributed by atoms with Crippen LogP contribution in [0.5, 0.6) is 5.75 Å². The summed E-state index contributed by atoms with van der Waals surface area (Å²) >= 11 is 0. The van der Waals surface area contributed by atoms with Gasteiger partial charge in [-0.2, -0.15) is 4.39 Å². The summed E-state index contributed by atoms with van der Waals surface area (Å²) in [6.07, 6.45) is 3.35. The number of nitrogens with zero attached hydrogens (tertiary/aromatic N) is 3. The van der Waals surface area contributed by atoms with Gasteiger partial charge in [-0.25, -0.2) is 4.98 Å². The summed E-state index contributed by atoms with van der Waals surface area (Å²) in [5.74, 6) is 0.866. The number of rotatable bonds is 8. The number of carbonyl (C=O) groups excluding carboxylic acids is 1. The number of fused-ring (bicyclic) bond motifs is 1. The lowest BCUT2D eigenvalue weighted by Gasteiger charge is -2.40. The quantitative estimate of drug-likeness (QED) is 0.244. The number of benzene rings is 2. The number of likely N-dealkylation sites (tertiary alicyclic amines) is 1. The van der Waals surface area contributed by atoms with Crippen molar-refractivity contribution in [2.75, 3.05) is 29.9 Å². The molecule has 0 radical (unpaired) electrons. The molecule has 0 atom stereocenters. The Bertz CT molecular complexity index is 1460. The van der Waals surface area contributed by atoms with Crippen molar-refractivity contribution in [2.45, 2.75) is 58.7 Å². The van der Waals surface area contributed by atoms with Crippen LogP contribution in [-0.4, -0.2) is 52.0 Å². The molecular formula is C32H38FN5O2. The molecule has 5 rings (SSSR count). The molecule has 0 saturated carbocycles. The molecule has 210 valence electrons. The fourth-order valence-electron chi connectivity index (χ4n) is 5.39. The van der Waals surface area contributed by atoms with Crippen LogP contribution in [-0.2, 0) is 6.61 Å². The average Bonchev–Trinajstić information content (AvgIpc) is 3.37. The van der Waals surface area contributed by atoms with Gasteiger partial charge in [0.1, 0.15) is 12.4 Å². The maximum atomic E-state index is 14.2. The highest BCUT2D eigenvalue weighted by molar-refractivity contribution is 6.07. The molecule has 2 N–H and O–H groups in total. The number of anilines is 2. The van der Waals surface area contributed by atoms with Gasteiger partial charge in [0, 0.05) is 48.3 Å². The van der Waals surface area contributed by atoms with Crippen molar-refractivity contribution in [2.24, 2.45) is 0 Å². The first kappa shape index (κ1) is 27.5. The minimum atomic E-state index is -0.494. The summed E-state index contributed by atoms with van der Waals surface area (Å²) in [4.78, 5) is 25.2. The van der Waals surface area contributed by atoms with Gasteiger partial charge in [0.25, 0.3) is 5.91 Å². The van der Waals surface area contributed by atoms with E-state index in [2.05, 4.69) is 47.9 Å². The lowest BCUT2D eigenvalue weighted by molar-refractivity contribution is 0.0714. The molecule has 1 aliphatic rings. The molecular weight excluding hydrogens is 505 g/mol. The highest BCUT2D eigenvalue weighted by Gasteiger charge is 2.30. The number of ether oxygens (including phenoxy) is 1. The Labute approximate surface area is 235 Å². The molecule has 8 heteroatoms. The molecule has 1 amide bonds. The lowest BCUT2D eigenvalue weighted by Crippen LogP contribution is -2.47. The monoisotopic (exact) mass is 543 g/mol. The fourth-order valence-corrected chi connectivity index (χ4v) is 5.39. The second-order valence-corrected chi connectivity index (χ2v) is 11.4. The van der Waals surface area contributed by atoms with Crippen LogP contribution in [0.2, 0.25) is 0 Å². The number of carbonyl (C=O) groups is 1. The summed E-state index contributed by atoms with van der Waals surface area (Å²) in [5, 5.41) is 4.32. The van der Waals surface area contributed by atoms with Gasteiger partial charge in [-0.3, -0.25) is 4.79 Å². The van der Waals surface area contributed by atoms with Gasteiger partial charge < -0.3 is 24.8 Å². The maximum absolute atomic E-state index is 14.2. The van der Waals surface area contributed by atoms with E-state index in [0.29, 0.717) is 37.6 Å². The Kier molecular flexibility index (Phi) is 7.96. The number of H-pyrrole nitrogens is 1. The summed E-state index contributed by atoms with van der Waals surface area (Å²) in [6, 6.07) is 19.1. The average molecular weight is 544 g/mol. The van der Waals surface area contributed by atoms with Crippen molar-refractivity contribution < 1.29 is 13.9 Å². The third-order valence-electron chi connectivity index (χ3n) is 7.29. The highest BCUT2D eigenvalue weighted by atomic mass is 19.1. The van der Waals surface area contributed by atoms with E-state index in [1.807, 2.05) is 53.4 Å². The Morgan fingerprint density at radius 3 is 2.58 bits per heavy atom. The minimum absolute atomic E-state index is 0.00641. The van der Waals surface area contributed by atoms with Crippen molar-refractivity contribution in [3.05, 3.63) is 83.9 Å². The van der Waals surface area contributed by atoms with Gasteiger partial charge in [0.05, 0.1) is 11.3 Å². The van der Waals surface area contributed by atoms with Gasteiger partial charge >= 0.3 is 0 Å². The molecule has 40 heavy (non-hydrogen) atoms. The van der Waals surface area contributed by atoms with Crippen LogP contribution in [0.1, 0.15) is 56.5 Å². The first-order chi connectivity index (χ1) is 19.2. The summed E-state index contributed by atoms with van der Waals surface area (Å²) in [5.41, 5.74) is 3.27. The normalized spacial score (nSPS) is 14.4. The van der Waals surface area contributed by atoms with Crippen molar-refractivity contribution in [3.8, 4) is 5.75 Å². The summed E-state index contributed by atoms with van der Waals surface area (Å²) in [6.45, 7) is 10.7. The Morgan fingerprint density at radius 2 is 1.88 bits per heavy atom. The molecule has 2 aromatic heterocycles. The molecule has 7 nitrogen and oxygen atoms in total.